The van der Waals surface area contributed by atoms with Gasteiger partial charge in [-0.05, 0) is 6.42 Å². The minimum atomic E-state index is -0.233. The molecule has 68 valence electrons. The third-order valence-electron chi connectivity index (χ3n) is 1.64. The van der Waals surface area contributed by atoms with Crippen molar-refractivity contribution in [2.75, 3.05) is 6.54 Å². The number of hydrogen-bond donors (Lipinski definition) is 2. The SMILES string of the molecule is CCC(O)CNCc1cscn1. The van der Waals surface area contributed by atoms with Crippen LogP contribution in [0.25, 0.3) is 0 Å². The van der Waals surface area contributed by atoms with Crippen molar-refractivity contribution in [3.63, 3.8) is 0 Å². The van der Waals surface area contributed by atoms with Gasteiger partial charge in [0.1, 0.15) is 0 Å². The molecule has 0 aliphatic rings. The van der Waals surface area contributed by atoms with E-state index in [9.17, 15) is 5.11 Å². The number of aliphatic hydroxyl groups is 1. The Morgan fingerprint density at radius 3 is 3.17 bits per heavy atom. The second-order valence-electron chi connectivity index (χ2n) is 2.67. The van der Waals surface area contributed by atoms with Gasteiger partial charge >= 0.3 is 0 Å². The highest BCUT2D eigenvalue weighted by atomic mass is 32.1. The van der Waals surface area contributed by atoms with Crippen LogP contribution in [0.5, 0.6) is 0 Å². The van der Waals surface area contributed by atoms with Crippen molar-refractivity contribution < 1.29 is 5.11 Å². The van der Waals surface area contributed by atoms with Crippen molar-refractivity contribution >= 4 is 11.3 Å². The zero-order valence-corrected chi connectivity index (χ0v) is 7.97. The quantitative estimate of drug-likeness (QED) is 0.721. The Morgan fingerprint density at radius 2 is 2.58 bits per heavy atom. The Labute approximate surface area is 76.5 Å². The van der Waals surface area contributed by atoms with E-state index in [-0.39, 0.29) is 6.10 Å². The third kappa shape index (κ3) is 3.30. The highest BCUT2D eigenvalue weighted by Gasteiger charge is 1.99. The minimum Gasteiger partial charge on any atom is -0.392 e. The maximum absolute atomic E-state index is 9.21. The van der Waals surface area contributed by atoms with Gasteiger partial charge in [0.05, 0.1) is 17.3 Å². The van der Waals surface area contributed by atoms with E-state index in [2.05, 4.69) is 10.3 Å². The fraction of sp³-hybridized carbons (Fsp3) is 0.625. The van der Waals surface area contributed by atoms with Crippen LogP contribution < -0.4 is 5.32 Å². The van der Waals surface area contributed by atoms with Crippen molar-refractivity contribution in [3.8, 4) is 0 Å². The van der Waals surface area contributed by atoms with Crippen LogP contribution in [0.3, 0.4) is 0 Å². The fourth-order valence-electron chi connectivity index (χ4n) is 0.836. The first-order valence-electron chi connectivity index (χ1n) is 4.08. The van der Waals surface area contributed by atoms with Crippen LogP contribution in [0.1, 0.15) is 19.0 Å². The lowest BCUT2D eigenvalue weighted by Gasteiger charge is -2.07. The van der Waals surface area contributed by atoms with Gasteiger partial charge in [0.15, 0.2) is 0 Å². The molecule has 1 rings (SSSR count). The van der Waals surface area contributed by atoms with Gasteiger partial charge in [-0.2, -0.15) is 0 Å². The van der Waals surface area contributed by atoms with Gasteiger partial charge in [-0.25, -0.2) is 4.98 Å². The maximum atomic E-state index is 9.21. The molecule has 4 heteroatoms. The molecule has 0 fully saturated rings. The first-order valence-corrected chi connectivity index (χ1v) is 5.03. The summed E-state index contributed by atoms with van der Waals surface area (Å²) in [4.78, 5) is 4.11. The van der Waals surface area contributed by atoms with Crippen LogP contribution in [0.4, 0.5) is 0 Å². The van der Waals surface area contributed by atoms with Gasteiger partial charge < -0.3 is 10.4 Å². The van der Waals surface area contributed by atoms with Gasteiger partial charge in [0, 0.05) is 18.5 Å². The zero-order chi connectivity index (χ0) is 8.81. The number of hydrogen-bond acceptors (Lipinski definition) is 4. The van der Waals surface area contributed by atoms with Crippen LogP contribution in [0.15, 0.2) is 10.9 Å². The summed E-state index contributed by atoms with van der Waals surface area (Å²) in [6.07, 6.45) is 0.563. The van der Waals surface area contributed by atoms with Gasteiger partial charge in [-0.1, -0.05) is 6.92 Å². The molecule has 1 aromatic rings. The molecule has 1 aromatic heterocycles. The molecule has 0 aliphatic carbocycles. The first kappa shape index (κ1) is 9.64. The summed E-state index contributed by atoms with van der Waals surface area (Å²) in [5.74, 6) is 0. The van der Waals surface area contributed by atoms with Crippen molar-refractivity contribution in [2.45, 2.75) is 26.0 Å². The van der Waals surface area contributed by atoms with Crippen LogP contribution in [0, 0.1) is 0 Å². The van der Waals surface area contributed by atoms with E-state index in [0.29, 0.717) is 6.54 Å². The Morgan fingerprint density at radius 1 is 1.75 bits per heavy atom. The van der Waals surface area contributed by atoms with Gasteiger partial charge in [-0.15, -0.1) is 11.3 Å². The lowest BCUT2D eigenvalue weighted by Crippen LogP contribution is -2.25. The summed E-state index contributed by atoms with van der Waals surface area (Å²) >= 11 is 1.59. The molecule has 0 aromatic carbocycles. The Kier molecular flexibility index (Phi) is 4.21. The first-order chi connectivity index (χ1) is 5.83. The van der Waals surface area contributed by atoms with Crippen LogP contribution in [-0.2, 0) is 6.54 Å². The van der Waals surface area contributed by atoms with E-state index in [1.165, 1.54) is 0 Å². The van der Waals surface area contributed by atoms with Crippen molar-refractivity contribution in [2.24, 2.45) is 0 Å². The van der Waals surface area contributed by atoms with Gasteiger partial charge in [0.25, 0.3) is 0 Å². The van der Waals surface area contributed by atoms with Crippen molar-refractivity contribution in [1.29, 1.82) is 0 Å². The summed E-state index contributed by atoms with van der Waals surface area (Å²) < 4.78 is 0. The molecule has 0 amide bonds. The summed E-state index contributed by atoms with van der Waals surface area (Å²) in [7, 11) is 0. The van der Waals surface area contributed by atoms with Crippen molar-refractivity contribution in [1.82, 2.24) is 10.3 Å². The number of aliphatic hydroxyl groups excluding tert-OH is 1. The second-order valence-corrected chi connectivity index (χ2v) is 3.39. The number of nitrogens with zero attached hydrogens (tertiary/aromatic N) is 1. The summed E-state index contributed by atoms with van der Waals surface area (Å²) in [6, 6.07) is 0. The Bertz CT molecular complexity index is 201. The Hall–Kier alpha value is -0.450. The molecule has 3 nitrogen and oxygen atoms in total. The van der Waals surface area contributed by atoms with E-state index in [0.717, 1.165) is 18.7 Å². The summed E-state index contributed by atoms with van der Waals surface area (Å²) in [5.41, 5.74) is 2.86. The summed E-state index contributed by atoms with van der Waals surface area (Å²) in [6.45, 7) is 3.36. The molecular weight excluding hydrogens is 172 g/mol. The van der Waals surface area contributed by atoms with E-state index in [1.807, 2.05) is 17.8 Å². The minimum absolute atomic E-state index is 0.233. The molecule has 0 saturated heterocycles. The molecule has 0 saturated carbocycles. The lowest BCUT2D eigenvalue weighted by molar-refractivity contribution is 0.167. The van der Waals surface area contributed by atoms with E-state index >= 15 is 0 Å². The van der Waals surface area contributed by atoms with Crippen LogP contribution in [-0.4, -0.2) is 22.7 Å². The highest BCUT2D eigenvalue weighted by Crippen LogP contribution is 1.99. The molecule has 0 bridgehead atoms. The third-order valence-corrected chi connectivity index (χ3v) is 2.28. The molecule has 0 spiro atoms. The monoisotopic (exact) mass is 186 g/mol. The molecule has 0 radical (unpaired) electrons. The average Bonchev–Trinajstić information content (AvgIpc) is 2.57. The maximum Gasteiger partial charge on any atom is 0.0795 e. The van der Waals surface area contributed by atoms with Crippen LogP contribution >= 0.6 is 11.3 Å². The molecule has 1 atom stereocenters. The predicted octanol–water partition coefficient (Wildman–Crippen LogP) is 1.00. The number of nitrogens with one attached hydrogen (secondary N) is 1. The summed E-state index contributed by atoms with van der Waals surface area (Å²) in [5, 5.41) is 14.3. The number of thiazole rings is 1. The molecule has 2 N–H and O–H groups in total. The topological polar surface area (TPSA) is 45.1 Å². The standard InChI is InChI=1S/C8H14N2OS/c1-2-8(11)4-9-3-7-5-12-6-10-7/h5-6,8-9,11H,2-4H2,1H3. The van der Waals surface area contributed by atoms with E-state index in [1.54, 1.807) is 11.3 Å². The predicted molar refractivity (Wildman–Crippen MR) is 50.1 cm³/mol. The highest BCUT2D eigenvalue weighted by molar-refractivity contribution is 7.07. The molecule has 1 unspecified atom stereocenters. The van der Waals surface area contributed by atoms with E-state index in [4.69, 9.17) is 0 Å². The van der Waals surface area contributed by atoms with E-state index < -0.39 is 0 Å². The smallest absolute Gasteiger partial charge is 0.0795 e. The number of aromatic nitrogens is 1. The molecule has 12 heavy (non-hydrogen) atoms. The zero-order valence-electron chi connectivity index (χ0n) is 7.16. The average molecular weight is 186 g/mol. The molecular formula is C8H14N2OS. The van der Waals surface area contributed by atoms with Gasteiger partial charge in [-0.3, -0.25) is 0 Å². The van der Waals surface area contributed by atoms with Crippen molar-refractivity contribution in [3.05, 3.63) is 16.6 Å². The molecule has 0 aliphatic heterocycles. The largest absolute Gasteiger partial charge is 0.392 e. The van der Waals surface area contributed by atoms with Gasteiger partial charge in [0.2, 0.25) is 0 Å². The normalized spacial score (nSPS) is 13.2. The fourth-order valence-corrected chi connectivity index (χ4v) is 1.39. The molecule has 1 heterocycles. The van der Waals surface area contributed by atoms with Crippen LogP contribution in [0.2, 0.25) is 0 Å². The lowest BCUT2D eigenvalue weighted by atomic mass is 10.3. The second kappa shape index (κ2) is 5.24. The number of rotatable bonds is 5. The Balaban J connectivity index is 2.11.